The first-order valence-electron chi connectivity index (χ1n) is 12.2. The van der Waals surface area contributed by atoms with Crippen molar-refractivity contribution in [3.8, 4) is 0 Å². The van der Waals surface area contributed by atoms with Gasteiger partial charge in [-0.1, -0.05) is 50.5 Å². The second-order valence-electron chi connectivity index (χ2n) is 9.61. The molecule has 0 aromatic carbocycles. The SMILES string of the molecule is CCCCC[C@](C)(O)C=C[C@@H]1[C@@H](C/C=C/CCCC(=O)O)[C@@H](O)C[C@H]1O.NC(CO)(CO)CO. The number of nitrogens with two attached hydrogens (primary N) is 1. The molecule has 0 aromatic heterocycles. The highest BCUT2D eigenvalue weighted by Gasteiger charge is 2.39. The van der Waals surface area contributed by atoms with Gasteiger partial charge in [-0.2, -0.15) is 0 Å². The van der Waals surface area contributed by atoms with Crippen molar-refractivity contribution < 1.29 is 40.5 Å². The molecule has 0 amide bonds. The highest BCUT2D eigenvalue weighted by atomic mass is 16.4. The van der Waals surface area contributed by atoms with E-state index in [1.54, 1.807) is 13.0 Å². The van der Waals surface area contributed by atoms with Crippen molar-refractivity contribution in [3.63, 3.8) is 0 Å². The van der Waals surface area contributed by atoms with E-state index in [4.69, 9.17) is 26.2 Å². The average Bonchev–Trinajstić information content (AvgIpc) is 3.06. The number of hydrogen-bond acceptors (Lipinski definition) is 8. The van der Waals surface area contributed by atoms with Crippen molar-refractivity contribution in [2.75, 3.05) is 19.8 Å². The Morgan fingerprint density at radius 1 is 1.03 bits per heavy atom. The first-order chi connectivity index (χ1) is 15.9. The molecule has 1 aliphatic carbocycles. The fraction of sp³-hybridized carbons (Fsp3) is 0.800. The quantitative estimate of drug-likeness (QED) is 0.123. The van der Waals surface area contributed by atoms with Crippen molar-refractivity contribution in [3.05, 3.63) is 24.3 Å². The first-order valence-corrected chi connectivity index (χ1v) is 12.2. The summed E-state index contributed by atoms with van der Waals surface area (Å²) in [6.07, 6.45) is 12.7. The zero-order chi connectivity index (χ0) is 26.2. The summed E-state index contributed by atoms with van der Waals surface area (Å²) in [4.78, 5) is 10.5. The number of carboxylic acid groups (broad SMARTS) is 1. The Hall–Kier alpha value is -1.33. The summed E-state index contributed by atoms with van der Waals surface area (Å²) in [5.41, 5.74) is 3.05. The van der Waals surface area contributed by atoms with Gasteiger partial charge in [-0.25, -0.2) is 0 Å². The number of rotatable bonds is 15. The Kier molecular flexibility index (Phi) is 16.5. The molecule has 0 aromatic rings. The summed E-state index contributed by atoms with van der Waals surface area (Å²) in [6.45, 7) is 2.70. The van der Waals surface area contributed by atoms with Crippen LogP contribution in [-0.4, -0.2) is 84.9 Å². The number of carbonyl (C=O) groups is 1. The van der Waals surface area contributed by atoms with E-state index in [-0.39, 0.29) is 18.3 Å². The highest BCUT2D eigenvalue weighted by molar-refractivity contribution is 5.66. The van der Waals surface area contributed by atoms with E-state index in [0.29, 0.717) is 32.1 Å². The molecule has 34 heavy (non-hydrogen) atoms. The number of allylic oxidation sites excluding steroid dienone is 2. The minimum absolute atomic E-state index is 0.0802. The molecule has 0 unspecified atom stereocenters. The summed E-state index contributed by atoms with van der Waals surface area (Å²) in [7, 11) is 0. The molecule has 200 valence electrons. The van der Waals surface area contributed by atoms with E-state index in [1.165, 1.54) is 0 Å². The predicted octanol–water partition coefficient (Wildman–Crippen LogP) is 1.09. The minimum atomic E-state index is -1.21. The molecule has 9 N–H and O–H groups in total. The molecule has 0 aliphatic heterocycles. The Morgan fingerprint density at radius 3 is 2.15 bits per heavy atom. The third kappa shape index (κ3) is 13.5. The average molecular weight is 490 g/mol. The van der Waals surface area contributed by atoms with Crippen molar-refractivity contribution in [2.45, 2.75) is 95.0 Å². The summed E-state index contributed by atoms with van der Waals surface area (Å²) in [6, 6.07) is 0. The second-order valence-corrected chi connectivity index (χ2v) is 9.61. The summed E-state index contributed by atoms with van der Waals surface area (Å²) in [5.74, 6) is -1.04. The maximum atomic E-state index is 10.5. The van der Waals surface area contributed by atoms with E-state index < -0.39 is 49.1 Å². The van der Waals surface area contributed by atoms with Crippen LogP contribution >= 0.6 is 0 Å². The lowest BCUT2D eigenvalue weighted by molar-refractivity contribution is -0.137. The zero-order valence-corrected chi connectivity index (χ0v) is 20.7. The topological polar surface area (TPSA) is 185 Å². The number of unbranched alkanes of at least 4 members (excludes halogenated alkanes) is 3. The maximum Gasteiger partial charge on any atom is 0.303 e. The number of hydrogen-bond donors (Lipinski definition) is 8. The van der Waals surface area contributed by atoms with Gasteiger partial charge >= 0.3 is 5.97 Å². The van der Waals surface area contributed by atoms with Gasteiger partial charge in [-0.3, -0.25) is 4.79 Å². The van der Waals surface area contributed by atoms with Gasteiger partial charge in [0, 0.05) is 18.8 Å². The van der Waals surface area contributed by atoms with Gasteiger partial charge in [0.2, 0.25) is 0 Å². The molecule has 1 rings (SSSR count). The Balaban J connectivity index is 0.00000116. The van der Waals surface area contributed by atoms with E-state index >= 15 is 0 Å². The Labute approximate surface area is 203 Å². The van der Waals surface area contributed by atoms with Crippen LogP contribution in [0.1, 0.15) is 71.6 Å². The molecule has 0 bridgehead atoms. The lowest BCUT2D eigenvalue weighted by atomic mass is 9.88. The van der Waals surface area contributed by atoms with Crippen LogP contribution in [0.5, 0.6) is 0 Å². The fourth-order valence-electron chi connectivity index (χ4n) is 3.73. The Morgan fingerprint density at radius 2 is 1.65 bits per heavy atom. The van der Waals surface area contributed by atoms with Crippen LogP contribution in [0.3, 0.4) is 0 Å². The molecule has 0 radical (unpaired) electrons. The van der Waals surface area contributed by atoms with Crippen LogP contribution in [0.15, 0.2) is 24.3 Å². The molecular formula is C25H47NO8. The molecule has 1 saturated carbocycles. The molecule has 1 aliphatic rings. The first kappa shape index (κ1) is 32.7. The fourth-order valence-corrected chi connectivity index (χ4v) is 3.73. The van der Waals surface area contributed by atoms with Gasteiger partial charge in [0.25, 0.3) is 0 Å². The third-order valence-corrected chi connectivity index (χ3v) is 6.16. The van der Waals surface area contributed by atoms with Crippen LogP contribution in [0.2, 0.25) is 0 Å². The second kappa shape index (κ2) is 17.2. The van der Waals surface area contributed by atoms with E-state index in [2.05, 4.69) is 6.92 Å². The monoisotopic (exact) mass is 489 g/mol. The van der Waals surface area contributed by atoms with Crippen LogP contribution in [0.25, 0.3) is 0 Å². The van der Waals surface area contributed by atoms with E-state index in [1.807, 2.05) is 18.2 Å². The van der Waals surface area contributed by atoms with Crippen LogP contribution in [0, 0.1) is 11.8 Å². The highest BCUT2D eigenvalue weighted by Crippen LogP contribution is 2.37. The molecule has 0 saturated heterocycles. The molecule has 0 spiro atoms. The standard InChI is InChI=1S/C21H36O5.C4H11NO3/c1-3-4-9-13-21(2,26)14-12-17-16(18(22)15-19(17)23)10-7-5-6-8-11-20(24)25;5-4(1-6,2-7)3-8/h5,7,12,14,16-19,22-23,26H,3-4,6,8-11,13,15H2,1-2H3,(H,24,25);6-8H,1-3,5H2/b7-5+,14-12?;/t16-,17-,18+,19-,21+;/m1./s1. The van der Waals surface area contributed by atoms with Gasteiger partial charge < -0.3 is 41.5 Å². The van der Waals surface area contributed by atoms with E-state index in [9.17, 15) is 20.1 Å². The number of aliphatic carboxylic acids is 1. The van der Waals surface area contributed by atoms with Crippen molar-refractivity contribution in [1.82, 2.24) is 0 Å². The summed E-state index contributed by atoms with van der Waals surface area (Å²) >= 11 is 0. The molecular weight excluding hydrogens is 442 g/mol. The van der Waals surface area contributed by atoms with Gasteiger partial charge in [-0.15, -0.1) is 0 Å². The third-order valence-electron chi connectivity index (χ3n) is 6.16. The van der Waals surface area contributed by atoms with Gasteiger partial charge in [-0.05, 0) is 38.5 Å². The maximum absolute atomic E-state index is 10.5. The van der Waals surface area contributed by atoms with Crippen molar-refractivity contribution in [2.24, 2.45) is 17.6 Å². The predicted molar refractivity (Wildman–Crippen MR) is 131 cm³/mol. The van der Waals surface area contributed by atoms with Gasteiger partial charge in [0.1, 0.15) is 0 Å². The number of aliphatic hydroxyl groups is 6. The molecule has 0 heterocycles. The number of aliphatic hydroxyl groups excluding tert-OH is 5. The van der Waals surface area contributed by atoms with Gasteiger partial charge in [0.15, 0.2) is 0 Å². The number of carboxylic acids is 1. The van der Waals surface area contributed by atoms with Crippen LogP contribution in [-0.2, 0) is 4.79 Å². The largest absolute Gasteiger partial charge is 0.481 e. The summed E-state index contributed by atoms with van der Waals surface area (Å²) in [5, 5.41) is 64.6. The normalized spacial score (nSPS) is 24.9. The summed E-state index contributed by atoms with van der Waals surface area (Å²) < 4.78 is 0. The lowest BCUT2D eigenvalue weighted by Gasteiger charge is -2.23. The van der Waals surface area contributed by atoms with Crippen molar-refractivity contribution in [1.29, 1.82) is 0 Å². The lowest BCUT2D eigenvalue weighted by Crippen LogP contribution is -2.50. The molecule has 5 atom stereocenters. The molecule has 9 heteroatoms. The van der Waals surface area contributed by atoms with Gasteiger partial charge in [0.05, 0.1) is 43.2 Å². The van der Waals surface area contributed by atoms with E-state index in [0.717, 1.165) is 19.3 Å². The Bertz CT molecular complexity index is 595. The zero-order valence-electron chi connectivity index (χ0n) is 20.7. The minimum Gasteiger partial charge on any atom is -0.481 e. The van der Waals surface area contributed by atoms with Crippen molar-refractivity contribution >= 4 is 5.97 Å². The van der Waals surface area contributed by atoms with Crippen LogP contribution < -0.4 is 5.73 Å². The molecule has 9 nitrogen and oxygen atoms in total. The smallest absolute Gasteiger partial charge is 0.303 e. The molecule has 1 fully saturated rings. The van der Waals surface area contributed by atoms with Crippen LogP contribution in [0.4, 0.5) is 0 Å².